The van der Waals surface area contributed by atoms with E-state index in [9.17, 15) is 5.11 Å². The van der Waals surface area contributed by atoms with Gasteiger partial charge in [-0.1, -0.05) is 41.9 Å². The fraction of sp³-hybridized carbons (Fsp3) is 0.200. The first kappa shape index (κ1) is 13.9. The van der Waals surface area contributed by atoms with Crippen LogP contribution in [-0.2, 0) is 6.42 Å². The highest BCUT2D eigenvalue weighted by Gasteiger charge is 2.16. The molecule has 100 valence electrons. The topological polar surface area (TPSA) is 66.5 Å². The monoisotopic (exact) mass is 277 g/mol. The molecular weight excluding hydrogens is 262 g/mol. The van der Waals surface area contributed by atoms with E-state index in [1.807, 2.05) is 30.3 Å². The molecule has 0 fully saturated rings. The summed E-state index contributed by atoms with van der Waals surface area (Å²) < 4.78 is 0. The van der Waals surface area contributed by atoms with Crippen LogP contribution in [0.25, 0.3) is 0 Å². The summed E-state index contributed by atoms with van der Waals surface area (Å²) in [6.45, 7) is -0.00852. The summed E-state index contributed by atoms with van der Waals surface area (Å²) in [5.74, 6) is 0. The summed E-state index contributed by atoms with van der Waals surface area (Å²) in [4.78, 5) is 0. The first-order valence-electron chi connectivity index (χ1n) is 6.05. The van der Waals surface area contributed by atoms with Crippen molar-refractivity contribution in [3.8, 4) is 0 Å². The second kappa shape index (κ2) is 6.06. The van der Waals surface area contributed by atoms with Crippen LogP contribution in [0.3, 0.4) is 0 Å². The molecule has 0 bridgehead atoms. The smallest absolute Gasteiger partial charge is 0.106 e. The number of nitrogen functional groups attached to an aromatic ring is 1. The van der Waals surface area contributed by atoms with Gasteiger partial charge >= 0.3 is 0 Å². The Morgan fingerprint density at radius 2 is 1.84 bits per heavy atom. The average Bonchev–Trinajstić information content (AvgIpc) is 2.43. The third-order valence-electron chi connectivity index (χ3n) is 3.05. The highest BCUT2D eigenvalue weighted by atomic mass is 35.5. The quantitative estimate of drug-likeness (QED) is 0.753. The molecule has 0 aliphatic carbocycles. The maximum absolute atomic E-state index is 10.4. The minimum Gasteiger partial charge on any atom is -0.398 e. The minimum atomic E-state index is -0.822. The number of benzene rings is 2. The van der Waals surface area contributed by atoms with Gasteiger partial charge in [0.25, 0.3) is 0 Å². The highest BCUT2D eigenvalue weighted by molar-refractivity contribution is 6.30. The SMILES string of the molecule is Nc1c(CCO)cc(Cl)cc1C(O)c1ccccc1. The number of halogens is 1. The lowest BCUT2D eigenvalue weighted by Gasteiger charge is -2.17. The van der Waals surface area contributed by atoms with Crippen LogP contribution in [-0.4, -0.2) is 16.8 Å². The van der Waals surface area contributed by atoms with Gasteiger partial charge in [-0.05, 0) is 29.7 Å². The Labute approximate surface area is 117 Å². The van der Waals surface area contributed by atoms with Gasteiger partial charge in [0.2, 0.25) is 0 Å². The lowest BCUT2D eigenvalue weighted by molar-refractivity contribution is 0.221. The van der Waals surface area contributed by atoms with Crippen molar-refractivity contribution in [2.45, 2.75) is 12.5 Å². The van der Waals surface area contributed by atoms with Crippen LogP contribution in [0.5, 0.6) is 0 Å². The minimum absolute atomic E-state index is 0.00852. The molecule has 2 rings (SSSR count). The number of aliphatic hydroxyl groups is 2. The largest absolute Gasteiger partial charge is 0.398 e. The van der Waals surface area contributed by atoms with E-state index in [-0.39, 0.29) is 6.61 Å². The van der Waals surface area contributed by atoms with E-state index >= 15 is 0 Å². The van der Waals surface area contributed by atoms with Gasteiger partial charge in [-0.3, -0.25) is 0 Å². The summed E-state index contributed by atoms with van der Waals surface area (Å²) in [5.41, 5.74) is 8.61. The average molecular weight is 278 g/mol. The van der Waals surface area contributed by atoms with Crippen molar-refractivity contribution in [2.75, 3.05) is 12.3 Å². The molecule has 0 saturated heterocycles. The van der Waals surface area contributed by atoms with E-state index in [1.165, 1.54) is 0 Å². The van der Waals surface area contributed by atoms with E-state index in [0.717, 1.165) is 11.1 Å². The molecule has 0 heterocycles. The molecule has 19 heavy (non-hydrogen) atoms. The van der Waals surface area contributed by atoms with Crippen LogP contribution in [0.1, 0.15) is 22.8 Å². The molecule has 3 nitrogen and oxygen atoms in total. The van der Waals surface area contributed by atoms with Gasteiger partial charge in [0, 0.05) is 22.9 Å². The third-order valence-corrected chi connectivity index (χ3v) is 3.27. The second-order valence-corrected chi connectivity index (χ2v) is 4.79. The van der Waals surface area contributed by atoms with Gasteiger partial charge in [-0.2, -0.15) is 0 Å². The van der Waals surface area contributed by atoms with Crippen molar-refractivity contribution in [1.82, 2.24) is 0 Å². The Morgan fingerprint density at radius 3 is 2.47 bits per heavy atom. The summed E-state index contributed by atoms with van der Waals surface area (Å²) in [6, 6.07) is 12.6. The molecule has 0 amide bonds. The Morgan fingerprint density at radius 1 is 1.16 bits per heavy atom. The fourth-order valence-electron chi connectivity index (χ4n) is 2.07. The Kier molecular flexibility index (Phi) is 4.43. The Bertz CT molecular complexity index is 558. The van der Waals surface area contributed by atoms with Crippen molar-refractivity contribution in [1.29, 1.82) is 0 Å². The summed E-state index contributed by atoms with van der Waals surface area (Å²) in [5, 5.41) is 19.9. The van der Waals surface area contributed by atoms with Gasteiger partial charge in [-0.15, -0.1) is 0 Å². The summed E-state index contributed by atoms with van der Waals surface area (Å²) in [6.07, 6.45) is -0.404. The molecule has 0 radical (unpaired) electrons. The van der Waals surface area contributed by atoms with Crippen LogP contribution in [0.15, 0.2) is 42.5 Å². The van der Waals surface area contributed by atoms with Crippen molar-refractivity contribution < 1.29 is 10.2 Å². The standard InChI is InChI=1S/C15H16ClNO2/c16-12-8-11(6-7-18)14(17)13(9-12)15(19)10-4-2-1-3-5-10/h1-5,8-9,15,18-19H,6-7,17H2. The molecule has 1 atom stereocenters. The van der Waals surface area contributed by atoms with E-state index in [2.05, 4.69) is 0 Å². The Balaban J connectivity index is 2.44. The molecular formula is C15H16ClNO2. The zero-order chi connectivity index (χ0) is 13.8. The number of aliphatic hydroxyl groups excluding tert-OH is 2. The van der Waals surface area contributed by atoms with Crippen molar-refractivity contribution in [3.05, 3.63) is 64.2 Å². The van der Waals surface area contributed by atoms with Gasteiger partial charge in [0.1, 0.15) is 6.10 Å². The van der Waals surface area contributed by atoms with Crippen molar-refractivity contribution in [2.24, 2.45) is 0 Å². The maximum Gasteiger partial charge on any atom is 0.106 e. The number of anilines is 1. The Hall–Kier alpha value is -1.55. The molecule has 2 aromatic carbocycles. The van der Waals surface area contributed by atoms with E-state index in [0.29, 0.717) is 22.7 Å². The molecule has 4 heteroatoms. The first-order valence-corrected chi connectivity index (χ1v) is 6.43. The van der Waals surface area contributed by atoms with Gasteiger partial charge < -0.3 is 15.9 Å². The number of rotatable bonds is 4. The molecule has 2 aromatic rings. The van der Waals surface area contributed by atoms with Crippen molar-refractivity contribution >= 4 is 17.3 Å². The zero-order valence-electron chi connectivity index (χ0n) is 10.4. The van der Waals surface area contributed by atoms with Crippen molar-refractivity contribution in [3.63, 3.8) is 0 Å². The molecule has 4 N–H and O–H groups in total. The lowest BCUT2D eigenvalue weighted by atomic mass is 9.96. The molecule has 0 aliphatic rings. The fourth-order valence-corrected chi connectivity index (χ4v) is 2.32. The third kappa shape index (κ3) is 3.07. The normalized spacial score (nSPS) is 12.4. The van der Waals surface area contributed by atoms with E-state index in [4.69, 9.17) is 22.4 Å². The maximum atomic E-state index is 10.4. The molecule has 0 spiro atoms. The van der Waals surface area contributed by atoms with Gasteiger partial charge in [-0.25, -0.2) is 0 Å². The molecule has 0 saturated carbocycles. The summed E-state index contributed by atoms with van der Waals surface area (Å²) >= 11 is 6.04. The van der Waals surface area contributed by atoms with Crippen LogP contribution in [0, 0.1) is 0 Å². The predicted molar refractivity (Wildman–Crippen MR) is 77.2 cm³/mol. The second-order valence-electron chi connectivity index (χ2n) is 4.35. The van der Waals surface area contributed by atoms with Gasteiger partial charge in [0.15, 0.2) is 0 Å². The summed E-state index contributed by atoms with van der Waals surface area (Å²) in [7, 11) is 0. The van der Waals surface area contributed by atoms with Crippen LogP contribution in [0.4, 0.5) is 5.69 Å². The first-order chi connectivity index (χ1) is 9.13. The highest BCUT2D eigenvalue weighted by Crippen LogP contribution is 2.32. The lowest BCUT2D eigenvalue weighted by Crippen LogP contribution is -2.07. The molecule has 1 unspecified atom stereocenters. The number of hydrogen-bond acceptors (Lipinski definition) is 3. The van der Waals surface area contributed by atoms with Gasteiger partial charge in [0.05, 0.1) is 0 Å². The predicted octanol–water partition coefficient (Wildman–Crippen LogP) is 2.54. The van der Waals surface area contributed by atoms with Crippen LogP contribution < -0.4 is 5.73 Å². The van der Waals surface area contributed by atoms with Crippen LogP contribution >= 0.6 is 11.6 Å². The van der Waals surface area contributed by atoms with E-state index in [1.54, 1.807) is 12.1 Å². The zero-order valence-corrected chi connectivity index (χ0v) is 11.1. The molecule has 0 aliphatic heterocycles. The van der Waals surface area contributed by atoms with Crippen LogP contribution in [0.2, 0.25) is 5.02 Å². The number of hydrogen-bond donors (Lipinski definition) is 3. The number of nitrogens with two attached hydrogens (primary N) is 1. The molecule has 0 aromatic heterocycles. The van der Waals surface area contributed by atoms with E-state index < -0.39 is 6.10 Å².